The molecule has 0 aromatic rings. The van der Waals surface area contributed by atoms with Crippen LogP contribution in [0.2, 0.25) is 0 Å². The molecule has 16 heavy (non-hydrogen) atoms. The predicted octanol–water partition coefficient (Wildman–Crippen LogP) is 2.43. The number of rotatable bonds is 4. The summed E-state index contributed by atoms with van der Waals surface area (Å²) in [6, 6.07) is 0.872. The highest BCUT2D eigenvalue weighted by Crippen LogP contribution is 2.23. The van der Waals surface area contributed by atoms with E-state index in [1.54, 1.807) is 0 Å². The van der Waals surface area contributed by atoms with Crippen LogP contribution in [0.3, 0.4) is 0 Å². The zero-order valence-electron chi connectivity index (χ0n) is 10.7. The largest absolute Gasteiger partial charge is 0.300 e. The number of alkyl halides is 1. The quantitative estimate of drug-likeness (QED) is 0.733. The van der Waals surface area contributed by atoms with Crippen molar-refractivity contribution in [3.63, 3.8) is 0 Å². The van der Waals surface area contributed by atoms with E-state index < -0.39 is 0 Å². The molecule has 2 atom stereocenters. The molecule has 0 radical (unpaired) electrons. The van der Waals surface area contributed by atoms with Gasteiger partial charge in [0.05, 0.1) is 0 Å². The second-order valence-electron chi connectivity index (χ2n) is 5.75. The molecular weight excluding hydrogens is 264 g/mol. The van der Waals surface area contributed by atoms with E-state index in [1.807, 2.05) is 0 Å². The fourth-order valence-electron chi connectivity index (χ4n) is 2.99. The summed E-state index contributed by atoms with van der Waals surface area (Å²) in [4.78, 5) is 5.38. The standard InChI is InChI=1S/C13H25BrN2/c1-11(2)12(8-14)9-15-6-7-16-5-3-4-13(16)10-15/h11-13H,3-10H2,1-2H3. The van der Waals surface area contributed by atoms with E-state index in [1.165, 1.54) is 45.6 Å². The second-order valence-corrected chi connectivity index (χ2v) is 6.40. The van der Waals surface area contributed by atoms with Crippen molar-refractivity contribution in [2.24, 2.45) is 11.8 Å². The minimum Gasteiger partial charge on any atom is -0.300 e. The normalized spacial score (nSPS) is 29.6. The van der Waals surface area contributed by atoms with Crippen LogP contribution >= 0.6 is 15.9 Å². The molecule has 2 aliphatic heterocycles. The molecule has 0 aromatic heterocycles. The molecule has 2 nitrogen and oxygen atoms in total. The van der Waals surface area contributed by atoms with Gasteiger partial charge >= 0.3 is 0 Å². The van der Waals surface area contributed by atoms with Gasteiger partial charge in [0.2, 0.25) is 0 Å². The Labute approximate surface area is 108 Å². The number of fused-ring (bicyclic) bond motifs is 1. The van der Waals surface area contributed by atoms with Crippen LogP contribution in [-0.2, 0) is 0 Å². The molecule has 2 rings (SSSR count). The molecule has 0 N–H and O–H groups in total. The molecule has 0 amide bonds. The van der Waals surface area contributed by atoms with Crippen molar-refractivity contribution in [3.8, 4) is 0 Å². The summed E-state index contributed by atoms with van der Waals surface area (Å²) in [5.41, 5.74) is 0. The first-order chi connectivity index (χ1) is 7.70. The van der Waals surface area contributed by atoms with Crippen molar-refractivity contribution < 1.29 is 0 Å². The Morgan fingerprint density at radius 2 is 2.06 bits per heavy atom. The van der Waals surface area contributed by atoms with Gasteiger partial charge in [-0.15, -0.1) is 0 Å². The van der Waals surface area contributed by atoms with Gasteiger partial charge in [-0.25, -0.2) is 0 Å². The summed E-state index contributed by atoms with van der Waals surface area (Å²) in [5.74, 6) is 1.61. The summed E-state index contributed by atoms with van der Waals surface area (Å²) in [5, 5.41) is 1.15. The molecule has 2 aliphatic rings. The molecule has 2 unspecified atom stereocenters. The van der Waals surface area contributed by atoms with Crippen molar-refractivity contribution in [2.45, 2.75) is 32.7 Å². The Balaban J connectivity index is 1.82. The van der Waals surface area contributed by atoms with Crippen molar-refractivity contribution in [3.05, 3.63) is 0 Å². The van der Waals surface area contributed by atoms with Crippen LogP contribution in [0.1, 0.15) is 26.7 Å². The van der Waals surface area contributed by atoms with Crippen LogP contribution in [-0.4, -0.2) is 53.9 Å². The molecule has 0 saturated carbocycles. The van der Waals surface area contributed by atoms with Gasteiger partial charge in [-0.05, 0) is 31.2 Å². The Morgan fingerprint density at radius 3 is 2.75 bits per heavy atom. The van der Waals surface area contributed by atoms with Gasteiger partial charge in [-0.2, -0.15) is 0 Å². The van der Waals surface area contributed by atoms with Crippen molar-refractivity contribution in [2.75, 3.05) is 38.1 Å². The number of halogens is 1. The maximum Gasteiger partial charge on any atom is 0.0224 e. The van der Waals surface area contributed by atoms with Crippen molar-refractivity contribution >= 4 is 15.9 Å². The summed E-state index contributed by atoms with van der Waals surface area (Å²) in [7, 11) is 0. The van der Waals surface area contributed by atoms with E-state index in [0.29, 0.717) is 0 Å². The van der Waals surface area contributed by atoms with Crippen LogP contribution in [0.25, 0.3) is 0 Å². The number of piperazine rings is 1. The lowest BCUT2D eigenvalue weighted by Crippen LogP contribution is -2.51. The molecule has 94 valence electrons. The van der Waals surface area contributed by atoms with Crippen LogP contribution in [0.5, 0.6) is 0 Å². The Bertz CT molecular complexity index is 220. The molecule has 0 aromatic carbocycles. The molecule has 2 saturated heterocycles. The van der Waals surface area contributed by atoms with Gasteiger partial charge in [0.25, 0.3) is 0 Å². The lowest BCUT2D eigenvalue weighted by atomic mass is 9.97. The van der Waals surface area contributed by atoms with Gasteiger partial charge < -0.3 is 4.90 Å². The predicted molar refractivity (Wildman–Crippen MR) is 73.2 cm³/mol. The molecule has 3 heteroatoms. The van der Waals surface area contributed by atoms with E-state index in [4.69, 9.17) is 0 Å². The van der Waals surface area contributed by atoms with E-state index in [9.17, 15) is 0 Å². The molecule has 0 bridgehead atoms. The van der Waals surface area contributed by atoms with E-state index in [0.717, 1.165) is 23.2 Å². The van der Waals surface area contributed by atoms with E-state index in [-0.39, 0.29) is 0 Å². The van der Waals surface area contributed by atoms with Crippen LogP contribution < -0.4 is 0 Å². The zero-order valence-corrected chi connectivity index (χ0v) is 12.2. The number of nitrogens with zero attached hydrogens (tertiary/aromatic N) is 2. The lowest BCUT2D eigenvalue weighted by Gasteiger charge is -2.39. The highest BCUT2D eigenvalue weighted by Gasteiger charge is 2.31. The third kappa shape index (κ3) is 2.99. The Kier molecular flexibility index (Phi) is 4.68. The molecular formula is C13H25BrN2. The lowest BCUT2D eigenvalue weighted by molar-refractivity contribution is 0.0885. The average Bonchev–Trinajstić information content (AvgIpc) is 2.72. The maximum absolute atomic E-state index is 3.66. The highest BCUT2D eigenvalue weighted by molar-refractivity contribution is 9.09. The maximum atomic E-state index is 3.66. The summed E-state index contributed by atoms with van der Waals surface area (Å²) < 4.78 is 0. The molecule has 2 heterocycles. The second kappa shape index (κ2) is 5.83. The first-order valence-electron chi connectivity index (χ1n) is 6.73. The van der Waals surface area contributed by atoms with Crippen LogP contribution in [0.4, 0.5) is 0 Å². The molecule has 0 spiro atoms. The SMILES string of the molecule is CC(C)C(CBr)CN1CCN2CCCC2C1. The first-order valence-corrected chi connectivity index (χ1v) is 7.85. The number of hydrogen-bond acceptors (Lipinski definition) is 2. The van der Waals surface area contributed by atoms with Crippen LogP contribution in [0, 0.1) is 11.8 Å². The average molecular weight is 289 g/mol. The minimum absolute atomic E-state index is 0.793. The Morgan fingerprint density at radius 1 is 1.25 bits per heavy atom. The fourth-order valence-corrected chi connectivity index (χ4v) is 3.94. The van der Waals surface area contributed by atoms with E-state index in [2.05, 4.69) is 39.6 Å². The minimum atomic E-state index is 0.793. The number of hydrogen-bond donors (Lipinski definition) is 0. The summed E-state index contributed by atoms with van der Waals surface area (Å²) in [6.07, 6.45) is 2.85. The summed E-state index contributed by atoms with van der Waals surface area (Å²) in [6.45, 7) is 11.2. The third-order valence-corrected chi connectivity index (χ3v) is 5.14. The molecule has 0 aliphatic carbocycles. The Hall–Kier alpha value is 0.400. The van der Waals surface area contributed by atoms with Crippen LogP contribution in [0.15, 0.2) is 0 Å². The van der Waals surface area contributed by atoms with E-state index >= 15 is 0 Å². The first kappa shape index (κ1) is 12.8. The highest BCUT2D eigenvalue weighted by atomic mass is 79.9. The molecule has 2 fully saturated rings. The van der Waals surface area contributed by atoms with Gasteiger partial charge in [0.1, 0.15) is 0 Å². The van der Waals surface area contributed by atoms with Gasteiger partial charge in [-0.1, -0.05) is 29.8 Å². The van der Waals surface area contributed by atoms with Gasteiger partial charge in [0, 0.05) is 37.6 Å². The third-order valence-electron chi connectivity index (χ3n) is 4.31. The van der Waals surface area contributed by atoms with Crippen molar-refractivity contribution in [1.29, 1.82) is 0 Å². The van der Waals surface area contributed by atoms with Crippen molar-refractivity contribution in [1.82, 2.24) is 9.80 Å². The fraction of sp³-hybridized carbons (Fsp3) is 1.00. The topological polar surface area (TPSA) is 6.48 Å². The van der Waals surface area contributed by atoms with Gasteiger partial charge in [0.15, 0.2) is 0 Å². The summed E-state index contributed by atoms with van der Waals surface area (Å²) >= 11 is 3.66. The zero-order chi connectivity index (χ0) is 11.5. The monoisotopic (exact) mass is 288 g/mol. The van der Waals surface area contributed by atoms with Gasteiger partial charge in [-0.3, -0.25) is 4.90 Å². The smallest absolute Gasteiger partial charge is 0.0224 e.